The minimum Gasteiger partial charge on any atom is -0.432 e. The average Bonchev–Trinajstić information content (AvgIpc) is 2.74. The molecule has 0 saturated carbocycles. The van der Waals surface area contributed by atoms with Crippen LogP contribution >= 0.6 is 0 Å². The highest BCUT2D eigenvalue weighted by atomic mass is 17.7. The van der Waals surface area contributed by atoms with E-state index >= 15 is 0 Å². The fourth-order valence-electron chi connectivity index (χ4n) is 2.91. The minimum absolute atomic E-state index is 0.235. The van der Waals surface area contributed by atoms with Crippen molar-refractivity contribution >= 4 is 12.3 Å². The summed E-state index contributed by atoms with van der Waals surface area (Å²) < 4.78 is 9.58. The van der Waals surface area contributed by atoms with Crippen LogP contribution < -0.4 is 0 Å². The molecule has 178 valence electrons. The molecule has 0 N–H and O–H groups in total. The second-order valence-electron chi connectivity index (χ2n) is 7.45. The van der Waals surface area contributed by atoms with Crippen LogP contribution in [-0.4, -0.2) is 25.5 Å². The Hall–Kier alpha value is -1.54. The van der Waals surface area contributed by atoms with E-state index in [0.717, 1.165) is 38.5 Å². The van der Waals surface area contributed by atoms with Crippen molar-refractivity contribution in [3.63, 3.8) is 0 Å². The molecule has 0 aromatic carbocycles. The number of carbonyl (C=O) groups is 2. The molecular weight excluding hydrogens is 392 g/mol. The lowest BCUT2D eigenvalue weighted by Gasteiger charge is -2.05. The van der Waals surface area contributed by atoms with Gasteiger partial charge in [0.05, 0.1) is 13.2 Å². The molecule has 0 fully saturated rings. The summed E-state index contributed by atoms with van der Waals surface area (Å²) in [6, 6.07) is 0. The zero-order valence-electron chi connectivity index (χ0n) is 19.0. The van der Waals surface area contributed by atoms with Gasteiger partial charge in [0, 0.05) is 10.1 Å². The smallest absolute Gasteiger partial charge is 0.432 e. The molecule has 8 heteroatoms. The topological polar surface area (TPSA) is 89.5 Å². The number of carbonyl (C=O) groups excluding carboxylic acids is 2. The van der Waals surface area contributed by atoms with Gasteiger partial charge in [0.15, 0.2) is 0 Å². The third-order valence-corrected chi connectivity index (χ3v) is 4.67. The molecule has 0 aliphatic carbocycles. The van der Waals surface area contributed by atoms with Crippen LogP contribution in [0.25, 0.3) is 0 Å². The van der Waals surface area contributed by atoms with Gasteiger partial charge in [0.2, 0.25) is 0 Å². The van der Waals surface area contributed by atoms with Crippen LogP contribution in [0, 0.1) is 0 Å². The highest BCUT2D eigenvalue weighted by Gasteiger charge is 2.09. The highest BCUT2D eigenvalue weighted by Crippen LogP contribution is 2.09. The Bertz CT molecular complexity index is 353. The molecule has 0 amide bonds. The zero-order valence-corrected chi connectivity index (χ0v) is 19.0. The van der Waals surface area contributed by atoms with Crippen molar-refractivity contribution in [2.45, 2.75) is 117 Å². The van der Waals surface area contributed by atoms with E-state index in [4.69, 9.17) is 9.47 Å². The fraction of sp³-hybridized carbons (Fsp3) is 0.909. The molecule has 0 aliphatic heterocycles. The average molecular weight is 435 g/mol. The Balaban J connectivity index is 3.29. The molecule has 0 rings (SSSR count). The van der Waals surface area contributed by atoms with Gasteiger partial charge in [-0.2, -0.15) is 0 Å². The predicted octanol–water partition coefficient (Wildman–Crippen LogP) is 7.35. The molecular formula is C22H42O8. The molecule has 0 atom stereocenters. The lowest BCUT2D eigenvalue weighted by atomic mass is 10.1. The molecule has 0 unspecified atom stereocenters. The van der Waals surface area contributed by atoms with Gasteiger partial charge in [0.1, 0.15) is 0 Å². The maximum absolute atomic E-state index is 11.2. The van der Waals surface area contributed by atoms with Gasteiger partial charge < -0.3 is 9.47 Å². The van der Waals surface area contributed by atoms with Gasteiger partial charge in [-0.25, -0.2) is 19.4 Å². The van der Waals surface area contributed by atoms with E-state index in [0.29, 0.717) is 0 Å². The van der Waals surface area contributed by atoms with Crippen molar-refractivity contribution in [1.82, 2.24) is 0 Å². The van der Waals surface area contributed by atoms with Crippen molar-refractivity contribution in [2.75, 3.05) is 13.2 Å². The van der Waals surface area contributed by atoms with Gasteiger partial charge in [-0.15, -0.1) is 0 Å². The summed E-state index contributed by atoms with van der Waals surface area (Å²) in [7, 11) is 0. The molecule has 30 heavy (non-hydrogen) atoms. The van der Waals surface area contributed by atoms with E-state index in [1.807, 2.05) is 0 Å². The van der Waals surface area contributed by atoms with E-state index < -0.39 is 12.3 Å². The summed E-state index contributed by atoms with van der Waals surface area (Å²) in [6.07, 6.45) is 16.2. The summed E-state index contributed by atoms with van der Waals surface area (Å²) in [5, 5.41) is 7.99. The van der Waals surface area contributed by atoms with Crippen LogP contribution in [0.3, 0.4) is 0 Å². The largest absolute Gasteiger partial charge is 0.542 e. The van der Waals surface area contributed by atoms with Crippen molar-refractivity contribution in [3.8, 4) is 0 Å². The number of hydrogen-bond acceptors (Lipinski definition) is 8. The standard InChI is InChI=1S/C22H42O8/c1-3-5-7-9-11-13-15-17-19-25-21(23)27-29-30-28-22(24)26-20-18-16-14-12-10-8-6-4-2/h3-20H2,1-2H3. The minimum atomic E-state index is -1.06. The van der Waals surface area contributed by atoms with Crippen molar-refractivity contribution in [1.29, 1.82) is 0 Å². The lowest BCUT2D eigenvalue weighted by molar-refractivity contribution is -0.601. The van der Waals surface area contributed by atoms with Crippen molar-refractivity contribution in [2.24, 2.45) is 0 Å². The summed E-state index contributed by atoms with van der Waals surface area (Å²) in [5.74, 6) is 0. The first-order valence-electron chi connectivity index (χ1n) is 11.7. The molecule has 0 heterocycles. The van der Waals surface area contributed by atoms with Gasteiger partial charge in [-0.3, -0.25) is 0 Å². The van der Waals surface area contributed by atoms with Crippen LogP contribution in [0.2, 0.25) is 0 Å². The summed E-state index contributed by atoms with van der Waals surface area (Å²) in [4.78, 5) is 30.8. The number of ether oxygens (including phenoxy) is 2. The van der Waals surface area contributed by atoms with E-state index in [1.165, 1.54) is 64.2 Å². The maximum Gasteiger partial charge on any atom is 0.542 e. The van der Waals surface area contributed by atoms with Crippen molar-refractivity contribution < 1.29 is 38.9 Å². The zero-order chi connectivity index (χ0) is 22.1. The first-order chi connectivity index (χ1) is 14.7. The monoisotopic (exact) mass is 434 g/mol. The Morgan fingerprint density at radius 2 is 0.767 bits per heavy atom. The maximum atomic E-state index is 11.2. The molecule has 0 bridgehead atoms. The van der Waals surface area contributed by atoms with Gasteiger partial charge in [-0.05, 0) is 12.8 Å². The number of rotatable bonds is 21. The molecule has 0 radical (unpaired) electrons. The van der Waals surface area contributed by atoms with Gasteiger partial charge in [-0.1, -0.05) is 104 Å². The molecule has 0 aliphatic rings. The third kappa shape index (κ3) is 22.7. The lowest BCUT2D eigenvalue weighted by Crippen LogP contribution is -2.13. The second-order valence-corrected chi connectivity index (χ2v) is 7.45. The highest BCUT2D eigenvalue weighted by molar-refractivity contribution is 5.59. The Kier molecular flexibility index (Phi) is 22.5. The van der Waals surface area contributed by atoms with Crippen LogP contribution in [0.5, 0.6) is 0 Å². The SMILES string of the molecule is CCCCCCCCCCOC(=O)OOOOC(=O)OCCCCCCCCCC. The summed E-state index contributed by atoms with van der Waals surface area (Å²) in [6.45, 7) is 4.86. The van der Waals surface area contributed by atoms with E-state index in [1.54, 1.807) is 0 Å². The molecule has 0 aromatic heterocycles. The summed E-state index contributed by atoms with van der Waals surface area (Å²) >= 11 is 0. The molecule has 0 aromatic rings. The Morgan fingerprint density at radius 3 is 1.10 bits per heavy atom. The van der Waals surface area contributed by atoms with Gasteiger partial charge in [0.25, 0.3) is 0 Å². The van der Waals surface area contributed by atoms with Crippen LogP contribution in [0.15, 0.2) is 0 Å². The number of hydrogen-bond donors (Lipinski definition) is 0. The van der Waals surface area contributed by atoms with Crippen molar-refractivity contribution in [3.05, 3.63) is 0 Å². The Labute approximate surface area is 181 Å². The van der Waals surface area contributed by atoms with Crippen LogP contribution in [-0.2, 0) is 29.3 Å². The first kappa shape index (κ1) is 28.5. The van der Waals surface area contributed by atoms with Crippen LogP contribution in [0.4, 0.5) is 9.59 Å². The predicted molar refractivity (Wildman–Crippen MR) is 112 cm³/mol. The fourth-order valence-corrected chi connectivity index (χ4v) is 2.91. The molecule has 8 nitrogen and oxygen atoms in total. The molecule has 0 spiro atoms. The normalized spacial score (nSPS) is 10.6. The van der Waals surface area contributed by atoms with E-state index in [-0.39, 0.29) is 13.2 Å². The number of unbranched alkanes of at least 4 members (excludes halogenated alkanes) is 14. The third-order valence-electron chi connectivity index (χ3n) is 4.67. The van der Waals surface area contributed by atoms with E-state index in [9.17, 15) is 9.59 Å². The summed E-state index contributed by atoms with van der Waals surface area (Å²) in [5.41, 5.74) is 0. The second kappa shape index (κ2) is 23.7. The Morgan fingerprint density at radius 1 is 0.467 bits per heavy atom. The molecule has 0 saturated heterocycles. The van der Waals surface area contributed by atoms with E-state index in [2.05, 4.69) is 33.7 Å². The first-order valence-corrected chi connectivity index (χ1v) is 11.7. The van der Waals surface area contributed by atoms with Gasteiger partial charge >= 0.3 is 12.3 Å². The van der Waals surface area contributed by atoms with Crippen LogP contribution in [0.1, 0.15) is 117 Å². The quantitative estimate of drug-likeness (QED) is 0.0801.